The van der Waals surface area contributed by atoms with E-state index in [4.69, 9.17) is 0 Å². The molecule has 0 bridgehead atoms. The molecule has 1 aliphatic rings. The minimum Gasteiger partial charge on any atom is -0.353 e. The number of aromatic nitrogens is 2. The molecular weight excluding hydrogens is 377 g/mol. The molecule has 0 spiro atoms. The Balaban J connectivity index is 0.00000220. The second kappa shape index (κ2) is 9.07. The number of nitrogens with zero attached hydrogens (tertiary/aromatic N) is 3. The standard InChI is InChI=1S/C15H25N5.HI/c1-12(2)11-20-9-8-17-14(20)10-18-15(16-3)19-13-6-4-5-7-13;/h4-5,8-9,12-13H,6-7,10-11H2,1-3H3,(H2,16,18,19);1H. The summed E-state index contributed by atoms with van der Waals surface area (Å²) in [6.45, 7) is 6.12. The van der Waals surface area contributed by atoms with Crippen molar-refractivity contribution in [2.75, 3.05) is 7.05 Å². The van der Waals surface area contributed by atoms with Gasteiger partial charge in [-0.2, -0.15) is 0 Å². The van der Waals surface area contributed by atoms with E-state index in [9.17, 15) is 0 Å². The number of hydrogen-bond acceptors (Lipinski definition) is 2. The molecule has 0 aliphatic heterocycles. The zero-order chi connectivity index (χ0) is 14.4. The van der Waals surface area contributed by atoms with E-state index in [2.05, 4.69) is 51.2 Å². The van der Waals surface area contributed by atoms with Gasteiger partial charge in [0, 0.05) is 32.0 Å². The van der Waals surface area contributed by atoms with Crippen molar-refractivity contribution in [2.24, 2.45) is 10.9 Å². The van der Waals surface area contributed by atoms with Gasteiger partial charge in [-0.1, -0.05) is 26.0 Å². The Hall–Kier alpha value is -1.05. The Bertz CT molecular complexity index is 470. The van der Waals surface area contributed by atoms with Gasteiger partial charge >= 0.3 is 0 Å². The molecule has 0 fully saturated rings. The molecule has 0 saturated carbocycles. The summed E-state index contributed by atoms with van der Waals surface area (Å²) in [6, 6.07) is 0.469. The van der Waals surface area contributed by atoms with Crippen molar-refractivity contribution in [3.63, 3.8) is 0 Å². The fraction of sp³-hybridized carbons (Fsp3) is 0.600. The molecule has 0 atom stereocenters. The topological polar surface area (TPSA) is 54.2 Å². The maximum absolute atomic E-state index is 4.41. The molecule has 5 nitrogen and oxygen atoms in total. The average molecular weight is 403 g/mol. The lowest BCUT2D eigenvalue weighted by Crippen LogP contribution is -2.42. The van der Waals surface area contributed by atoms with Crippen LogP contribution in [-0.2, 0) is 13.1 Å². The molecule has 21 heavy (non-hydrogen) atoms. The second-order valence-corrected chi connectivity index (χ2v) is 5.60. The number of halogens is 1. The third-order valence-electron chi connectivity index (χ3n) is 3.35. The van der Waals surface area contributed by atoms with Crippen molar-refractivity contribution in [1.29, 1.82) is 0 Å². The number of hydrogen-bond donors (Lipinski definition) is 2. The maximum Gasteiger partial charge on any atom is 0.191 e. The fourth-order valence-electron chi connectivity index (χ4n) is 2.35. The summed E-state index contributed by atoms with van der Waals surface area (Å²) in [5.74, 6) is 2.51. The Morgan fingerprint density at radius 1 is 1.43 bits per heavy atom. The van der Waals surface area contributed by atoms with E-state index in [1.807, 2.05) is 12.4 Å². The van der Waals surface area contributed by atoms with Gasteiger partial charge in [0.2, 0.25) is 0 Å². The minimum atomic E-state index is 0. The van der Waals surface area contributed by atoms with Gasteiger partial charge in [0.15, 0.2) is 5.96 Å². The van der Waals surface area contributed by atoms with Crippen LogP contribution in [0, 0.1) is 5.92 Å². The maximum atomic E-state index is 4.41. The van der Waals surface area contributed by atoms with Crippen LogP contribution in [0.3, 0.4) is 0 Å². The van der Waals surface area contributed by atoms with E-state index >= 15 is 0 Å². The monoisotopic (exact) mass is 403 g/mol. The summed E-state index contributed by atoms with van der Waals surface area (Å²) in [5, 5.41) is 6.77. The highest BCUT2D eigenvalue weighted by Crippen LogP contribution is 2.08. The first-order valence-corrected chi connectivity index (χ1v) is 7.31. The molecule has 2 rings (SSSR count). The molecule has 0 radical (unpaired) electrons. The first kappa shape index (κ1) is 18.0. The van der Waals surface area contributed by atoms with Crippen molar-refractivity contribution in [2.45, 2.75) is 45.8 Å². The van der Waals surface area contributed by atoms with Crippen molar-refractivity contribution >= 4 is 29.9 Å². The molecule has 1 aliphatic carbocycles. The van der Waals surface area contributed by atoms with Gasteiger partial charge in [0.05, 0.1) is 6.54 Å². The van der Waals surface area contributed by atoms with Gasteiger partial charge in [-0.05, 0) is 18.8 Å². The first-order chi connectivity index (χ1) is 9.69. The molecule has 118 valence electrons. The second-order valence-electron chi connectivity index (χ2n) is 5.60. The van der Waals surface area contributed by atoms with Crippen LogP contribution in [0.5, 0.6) is 0 Å². The van der Waals surface area contributed by atoms with Crippen LogP contribution in [0.25, 0.3) is 0 Å². The highest BCUT2D eigenvalue weighted by atomic mass is 127. The van der Waals surface area contributed by atoms with Crippen molar-refractivity contribution in [3.05, 3.63) is 30.4 Å². The smallest absolute Gasteiger partial charge is 0.191 e. The molecule has 2 N–H and O–H groups in total. The number of aliphatic imine (C=N–C) groups is 1. The molecule has 1 heterocycles. The summed E-state index contributed by atoms with van der Waals surface area (Å²) in [7, 11) is 1.80. The van der Waals surface area contributed by atoms with Gasteiger partial charge < -0.3 is 15.2 Å². The van der Waals surface area contributed by atoms with Crippen LogP contribution >= 0.6 is 24.0 Å². The molecule has 0 aromatic carbocycles. The van der Waals surface area contributed by atoms with E-state index in [0.717, 1.165) is 31.2 Å². The van der Waals surface area contributed by atoms with Crippen LogP contribution in [0.4, 0.5) is 0 Å². The zero-order valence-electron chi connectivity index (χ0n) is 13.0. The van der Waals surface area contributed by atoms with Gasteiger partial charge in [0.25, 0.3) is 0 Å². The Kier molecular flexibility index (Phi) is 7.77. The average Bonchev–Trinajstić information content (AvgIpc) is 3.05. The summed E-state index contributed by atoms with van der Waals surface area (Å²) < 4.78 is 2.20. The number of nitrogens with one attached hydrogen (secondary N) is 2. The van der Waals surface area contributed by atoms with E-state index < -0.39 is 0 Å². The van der Waals surface area contributed by atoms with Gasteiger partial charge in [-0.25, -0.2) is 4.98 Å². The minimum absolute atomic E-state index is 0. The van der Waals surface area contributed by atoms with Gasteiger partial charge in [-0.3, -0.25) is 4.99 Å². The lowest BCUT2D eigenvalue weighted by molar-refractivity contribution is 0.503. The Morgan fingerprint density at radius 3 is 2.76 bits per heavy atom. The SMILES string of the molecule is CN=C(NCc1nccn1CC(C)C)NC1CC=CC1.I. The largest absolute Gasteiger partial charge is 0.353 e. The molecule has 0 unspecified atom stereocenters. The molecule has 6 heteroatoms. The number of rotatable bonds is 5. The van der Waals surface area contributed by atoms with Gasteiger partial charge in [0.1, 0.15) is 5.82 Å². The predicted molar refractivity (Wildman–Crippen MR) is 98.0 cm³/mol. The molecule has 1 aromatic rings. The number of imidazole rings is 1. The highest BCUT2D eigenvalue weighted by molar-refractivity contribution is 14.0. The quantitative estimate of drug-likeness (QED) is 0.344. The van der Waals surface area contributed by atoms with Gasteiger partial charge in [-0.15, -0.1) is 24.0 Å². The summed E-state index contributed by atoms with van der Waals surface area (Å²) in [4.78, 5) is 8.68. The third-order valence-corrected chi connectivity index (χ3v) is 3.35. The van der Waals surface area contributed by atoms with Crippen LogP contribution in [-0.4, -0.2) is 28.6 Å². The lowest BCUT2D eigenvalue weighted by atomic mass is 10.2. The van der Waals surface area contributed by atoms with Crippen LogP contribution in [0.2, 0.25) is 0 Å². The number of guanidine groups is 1. The van der Waals surface area contributed by atoms with Crippen molar-refractivity contribution < 1.29 is 0 Å². The van der Waals surface area contributed by atoms with Crippen LogP contribution < -0.4 is 10.6 Å². The normalized spacial score (nSPS) is 15.3. The zero-order valence-corrected chi connectivity index (χ0v) is 15.4. The van der Waals surface area contributed by atoms with E-state index in [-0.39, 0.29) is 24.0 Å². The van der Waals surface area contributed by atoms with Crippen LogP contribution in [0.15, 0.2) is 29.5 Å². The summed E-state index contributed by atoms with van der Waals surface area (Å²) in [5.41, 5.74) is 0. The molecule has 0 amide bonds. The Labute approximate surface area is 144 Å². The van der Waals surface area contributed by atoms with E-state index in [1.165, 1.54) is 0 Å². The fourth-order valence-corrected chi connectivity index (χ4v) is 2.35. The highest BCUT2D eigenvalue weighted by Gasteiger charge is 2.12. The molecule has 0 saturated heterocycles. The first-order valence-electron chi connectivity index (χ1n) is 7.31. The third kappa shape index (κ3) is 5.68. The molecule has 1 aromatic heterocycles. The van der Waals surface area contributed by atoms with Crippen molar-refractivity contribution in [1.82, 2.24) is 20.2 Å². The lowest BCUT2D eigenvalue weighted by Gasteiger charge is -2.17. The van der Waals surface area contributed by atoms with E-state index in [1.54, 1.807) is 7.05 Å². The Morgan fingerprint density at radius 2 is 2.14 bits per heavy atom. The predicted octanol–water partition coefficient (Wildman–Crippen LogP) is 2.54. The summed E-state index contributed by atoms with van der Waals surface area (Å²) in [6.07, 6.45) is 10.5. The van der Waals surface area contributed by atoms with E-state index in [0.29, 0.717) is 18.5 Å². The van der Waals surface area contributed by atoms with Crippen LogP contribution in [0.1, 0.15) is 32.5 Å². The van der Waals surface area contributed by atoms with Crippen molar-refractivity contribution in [3.8, 4) is 0 Å². The molecular formula is C15H26IN5. The summed E-state index contributed by atoms with van der Waals surface area (Å²) >= 11 is 0.